The second kappa shape index (κ2) is 8.06. The highest BCUT2D eigenvalue weighted by Crippen LogP contribution is 2.23. The summed E-state index contributed by atoms with van der Waals surface area (Å²) in [6, 6.07) is 6.56. The fraction of sp³-hybridized carbons (Fsp3) is 0.647. The number of nitrogens with one attached hydrogen (secondary N) is 1. The van der Waals surface area contributed by atoms with E-state index in [1.54, 1.807) is 0 Å². The van der Waals surface area contributed by atoms with Gasteiger partial charge < -0.3 is 5.32 Å². The molecule has 1 nitrogen and oxygen atoms in total. The second-order valence-electron chi connectivity index (χ2n) is 6.32. The van der Waals surface area contributed by atoms with Crippen LogP contribution in [0, 0.1) is 12.3 Å². The Hall–Kier alpha value is -0.340. The number of hydrogen-bond donors (Lipinski definition) is 1. The Labute approximate surface area is 127 Å². The van der Waals surface area contributed by atoms with Crippen LogP contribution in [0.2, 0.25) is 0 Å². The minimum atomic E-state index is 0.395. The fourth-order valence-corrected chi connectivity index (χ4v) is 2.91. The molecule has 0 aromatic heterocycles. The van der Waals surface area contributed by atoms with Gasteiger partial charge in [0.25, 0.3) is 0 Å². The van der Waals surface area contributed by atoms with Gasteiger partial charge in [0.1, 0.15) is 0 Å². The van der Waals surface area contributed by atoms with Gasteiger partial charge in [-0.3, -0.25) is 0 Å². The largest absolute Gasteiger partial charge is 0.312 e. The molecule has 0 fully saturated rings. The average Bonchev–Trinajstić information content (AvgIpc) is 2.32. The fourth-order valence-electron chi connectivity index (χ4n) is 2.27. The van der Waals surface area contributed by atoms with Crippen molar-refractivity contribution in [3.05, 3.63) is 33.8 Å². The first-order valence-corrected chi connectivity index (χ1v) is 8.19. The predicted octanol–water partition coefficient (Wildman–Crippen LogP) is 5.45. The molecule has 0 aliphatic carbocycles. The van der Waals surface area contributed by atoms with E-state index in [0.29, 0.717) is 5.41 Å². The molecule has 0 unspecified atom stereocenters. The zero-order chi connectivity index (χ0) is 14.3. The molecule has 0 aliphatic heterocycles. The smallest absolute Gasteiger partial charge is 0.0222 e. The van der Waals surface area contributed by atoms with Crippen molar-refractivity contribution < 1.29 is 0 Å². The van der Waals surface area contributed by atoms with Crippen LogP contribution in [-0.2, 0) is 6.54 Å². The molecule has 1 rings (SSSR count). The van der Waals surface area contributed by atoms with Crippen molar-refractivity contribution >= 4 is 15.9 Å². The predicted molar refractivity (Wildman–Crippen MR) is 88.5 cm³/mol. The molecule has 0 saturated carbocycles. The van der Waals surface area contributed by atoms with Crippen molar-refractivity contribution in [2.75, 3.05) is 6.54 Å². The maximum absolute atomic E-state index is 3.64. The first kappa shape index (κ1) is 16.7. The Bertz CT molecular complexity index is 385. The normalized spacial score (nSPS) is 11.8. The standard InChI is InChI=1S/C17H28BrN/c1-5-6-7-10-17(3,4)13-19-12-15-9-8-14(2)11-16(15)18/h8-9,11,19H,5-7,10,12-13H2,1-4H3. The minimum Gasteiger partial charge on any atom is -0.312 e. The monoisotopic (exact) mass is 325 g/mol. The Morgan fingerprint density at radius 3 is 2.58 bits per heavy atom. The number of rotatable bonds is 8. The van der Waals surface area contributed by atoms with Gasteiger partial charge in [0.05, 0.1) is 0 Å². The van der Waals surface area contributed by atoms with Gasteiger partial charge in [-0.15, -0.1) is 0 Å². The van der Waals surface area contributed by atoms with Gasteiger partial charge in [-0.05, 0) is 36.0 Å². The molecule has 108 valence electrons. The van der Waals surface area contributed by atoms with Gasteiger partial charge in [-0.1, -0.05) is 68.1 Å². The van der Waals surface area contributed by atoms with Gasteiger partial charge in [-0.25, -0.2) is 0 Å². The van der Waals surface area contributed by atoms with E-state index in [0.717, 1.165) is 13.1 Å². The maximum Gasteiger partial charge on any atom is 0.0222 e. The third kappa shape index (κ3) is 6.58. The number of halogens is 1. The lowest BCUT2D eigenvalue weighted by atomic mass is 9.87. The van der Waals surface area contributed by atoms with Crippen LogP contribution in [0.3, 0.4) is 0 Å². The molecule has 0 aliphatic rings. The lowest BCUT2D eigenvalue weighted by Gasteiger charge is -2.25. The third-order valence-electron chi connectivity index (χ3n) is 3.58. The Morgan fingerprint density at radius 1 is 1.21 bits per heavy atom. The molecule has 0 amide bonds. The molecule has 0 saturated heterocycles. The van der Waals surface area contributed by atoms with E-state index in [2.05, 4.69) is 67.1 Å². The number of aryl methyl sites for hydroxylation is 1. The summed E-state index contributed by atoms with van der Waals surface area (Å²) in [6.45, 7) is 11.1. The van der Waals surface area contributed by atoms with E-state index in [1.165, 1.54) is 41.3 Å². The summed E-state index contributed by atoms with van der Waals surface area (Å²) in [5.74, 6) is 0. The Morgan fingerprint density at radius 2 is 1.95 bits per heavy atom. The molecule has 0 spiro atoms. The highest BCUT2D eigenvalue weighted by molar-refractivity contribution is 9.10. The van der Waals surface area contributed by atoms with Crippen LogP contribution >= 0.6 is 15.9 Å². The maximum atomic E-state index is 3.64. The van der Waals surface area contributed by atoms with Crippen molar-refractivity contribution in [1.82, 2.24) is 5.32 Å². The second-order valence-corrected chi connectivity index (χ2v) is 7.17. The van der Waals surface area contributed by atoms with E-state index in [1.807, 2.05) is 0 Å². The zero-order valence-electron chi connectivity index (χ0n) is 12.9. The van der Waals surface area contributed by atoms with E-state index < -0.39 is 0 Å². The summed E-state index contributed by atoms with van der Waals surface area (Å²) < 4.78 is 1.21. The molecule has 2 heteroatoms. The van der Waals surface area contributed by atoms with Crippen LogP contribution < -0.4 is 5.32 Å². The average molecular weight is 326 g/mol. The van der Waals surface area contributed by atoms with Crippen LogP contribution in [-0.4, -0.2) is 6.54 Å². The van der Waals surface area contributed by atoms with Gasteiger partial charge in [0.2, 0.25) is 0 Å². The lowest BCUT2D eigenvalue weighted by molar-refractivity contribution is 0.302. The summed E-state index contributed by atoms with van der Waals surface area (Å²) in [7, 11) is 0. The van der Waals surface area contributed by atoms with Crippen LogP contribution in [0.5, 0.6) is 0 Å². The number of benzene rings is 1. The topological polar surface area (TPSA) is 12.0 Å². The molecule has 19 heavy (non-hydrogen) atoms. The first-order valence-electron chi connectivity index (χ1n) is 7.40. The Balaban J connectivity index is 2.36. The van der Waals surface area contributed by atoms with Crippen LogP contribution in [0.15, 0.2) is 22.7 Å². The molecule has 1 N–H and O–H groups in total. The summed E-state index contributed by atoms with van der Waals surface area (Å²) in [4.78, 5) is 0. The molecular weight excluding hydrogens is 298 g/mol. The minimum absolute atomic E-state index is 0.395. The number of unbranched alkanes of at least 4 members (excludes halogenated alkanes) is 2. The molecule has 0 bridgehead atoms. The highest BCUT2D eigenvalue weighted by atomic mass is 79.9. The van der Waals surface area contributed by atoms with Crippen molar-refractivity contribution in [2.45, 2.75) is 59.9 Å². The number of hydrogen-bond acceptors (Lipinski definition) is 1. The van der Waals surface area contributed by atoms with Crippen molar-refractivity contribution in [1.29, 1.82) is 0 Å². The van der Waals surface area contributed by atoms with E-state index in [-0.39, 0.29) is 0 Å². The zero-order valence-corrected chi connectivity index (χ0v) is 14.4. The van der Waals surface area contributed by atoms with E-state index in [4.69, 9.17) is 0 Å². The van der Waals surface area contributed by atoms with Gasteiger partial charge in [0.15, 0.2) is 0 Å². The molecule has 0 heterocycles. The molecule has 1 aromatic rings. The highest BCUT2D eigenvalue weighted by Gasteiger charge is 2.16. The van der Waals surface area contributed by atoms with E-state index >= 15 is 0 Å². The van der Waals surface area contributed by atoms with Crippen LogP contribution in [0.25, 0.3) is 0 Å². The van der Waals surface area contributed by atoms with Gasteiger partial charge in [0, 0.05) is 17.6 Å². The quantitative estimate of drug-likeness (QED) is 0.626. The molecule has 0 atom stereocenters. The van der Waals surface area contributed by atoms with E-state index in [9.17, 15) is 0 Å². The van der Waals surface area contributed by atoms with Gasteiger partial charge >= 0.3 is 0 Å². The van der Waals surface area contributed by atoms with Crippen molar-refractivity contribution in [2.24, 2.45) is 5.41 Å². The summed E-state index contributed by atoms with van der Waals surface area (Å²) in [5.41, 5.74) is 3.04. The van der Waals surface area contributed by atoms with Crippen LogP contribution in [0.4, 0.5) is 0 Å². The van der Waals surface area contributed by atoms with Crippen molar-refractivity contribution in [3.63, 3.8) is 0 Å². The van der Waals surface area contributed by atoms with Gasteiger partial charge in [-0.2, -0.15) is 0 Å². The van der Waals surface area contributed by atoms with Crippen LogP contribution in [0.1, 0.15) is 57.6 Å². The molecular formula is C17H28BrN. The third-order valence-corrected chi connectivity index (χ3v) is 4.32. The summed E-state index contributed by atoms with van der Waals surface area (Å²) in [5, 5.41) is 3.60. The Kier molecular flexibility index (Phi) is 7.09. The molecule has 0 radical (unpaired) electrons. The summed E-state index contributed by atoms with van der Waals surface area (Å²) >= 11 is 3.64. The summed E-state index contributed by atoms with van der Waals surface area (Å²) in [6.07, 6.45) is 5.31. The first-order chi connectivity index (χ1) is 8.94. The molecule has 1 aromatic carbocycles. The SMILES string of the molecule is CCCCCC(C)(C)CNCc1ccc(C)cc1Br. The lowest BCUT2D eigenvalue weighted by Crippen LogP contribution is -2.29. The van der Waals surface area contributed by atoms with Crippen molar-refractivity contribution in [3.8, 4) is 0 Å².